The Morgan fingerprint density at radius 3 is 2.48 bits per heavy atom. The van der Waals surface area contributed by atoms with Gasteiger partial charge < -0.3 is 20.1 Å². The van der Waals surface area contributed by atoms with E-state index in [1.54, 1.807) is 0 Å². The Kier molecular flexibility index (Phi) is 6.79. The molecular formula is C19H18ClFN2O4. The summed E-state index contributed by atoms with van der Waals surface area (Å²) in [5.41, 5.74) is 1.62. The molecule has 0 bridgehead atoms. The van der Waals surface area contributed by atoms with Crippen LogP contribution in [0.25, 0.3) is 22.5 Å². The van der Waals surface area contributed by atoms with Crippen molar-refractivity contribution >= 4 is 18.0 Å². The van der Waals surface area contributed by atoms with Gasteiger partial charge in [-0.3, -0.25) is 4.79 Å². The molecule has 3 N–H and O–H groups in total. The Morgan fingerprint density at radius 2 is 1.85 bits per heavy atom. The molecule has 0 aliphatic carbocycles. The lowest BCUT2D eigenvalue weighted by Gasteiger charge is -2.08. The van der Waals surface area contributed by atoms with Crippen molar-refractivity contribution in [3.8, 4) is 33.9 Å². The number of aromatic nitrogens is 1. The van der Waals surface area contributed by atoms with Crippen LogP contribution in [-0.4, -0.2) is 21.8 Å². The van der Waals surface area contributed by atoms with Crippen molar-refractivity contribution < 1.29 is 23.9 Å². The molecule has 2 aromatic carbocycles. The average Bonchev–Trinajstić information content (AvgIpc) is 3.09. The third-order valence-corrected chi connectivity index (χ3v) is 3.86. The second-order valence-corrected chi connectivity index (χ2v) is 5.57. The standard InChI is InChI=1S/C17H12ClFN2O4.C2H6/c18-12-5-11(14(23)6-15(12)24)17-16(9-1-3-10(19)4-2-9)13(21-25-17)7-20-8-22;1-2/h1-6,8,23-24H,7H2,(H,20,22);1-2H3. The molecule has 142 valence electrons. The molecule has 1 heterocycles. The van der Waals surface area contributed by atoms with Gasteiger partial charge in [0.15, 0.2) is 5.76 Å². The number of rotatable bonds is 5. The maximum atomic E-state index is 13.2. The molecule has 0 aliphatic heterocycles. The van der Waals surface area contributed by atoms with Crippen molar-refractivity contribution in [2.45, 2.75) is 20.4 Å². The molecule has 27 heavy (non-hydrogen) atoms. The van der Waals surface area contributed by atoms with Gasteiger partial charge in [-0.25, -0.2) is 4.39 Å². The first-order chi connectivity index (χ1) is 13.0. The van der Waals surface area contributed by atoms with Crippen LogP contribution in [0.5, 0.6) is 11.5 Å². The third kappa shape index (κ3) is 4.38. The summed E-state index contributed by atoms with van der Waals surface area (Å²) in [4.78, 5) is 10.6. The summed E-state index contributed by atoms with van der Waals surface area (Å²) in [6.45, 7) is 4.08. The van der Waals surface area contributed by atoms with E-state index in [-0.39, 0.29) is 34.4 Å². The lowest BCUT2D eigenvalue weighted by atomic mass is 9.98. The fourth-order valence-corrected chi connectivity index (χ4v) is 2.58. The number of carbonyl (C=O) groups is 1. The minimum Gasteiger partial charge on any atom is -0.507 e. The zero-order valence-electron chi connectivity index (χ0n) is 14.7. The van der Waals surface area contributed by atoms with Crippen LogP contribution in [0, 0.1) is 5.82 Å². The number of aromatic hydroxyl groups is 2. The van der Waals surface area contributed by atoms with E-state index >= 15 is 0 Å². The van der Waals surface area contributed by atoms with Crippen LogP contribution in [0.15, 0.2) is 40.9 Å². The molecular weight excluding hydrogens is 375 g/mol. The van der Waals surface area contributed by atoms with Gasteiger partial charge in [-0.2, -0.15) is 0 Å². The molecule has 6 nitrogen and oxygen atoms in total. The molecule has 8 heteroatoms. The molecule has 0 atom stereocenters. The topological polar surface area (TPSA) is 95.6 Å². The van der Waals surface area contributed by atoms with Crippen LogP contribution in [0.3, 0.4) is 0 Å². The van der Waals surface area contributed by atoms with Gasteiger partial charge in [0.25, 0.3) is 0 Å². The SMILES string of the molecule is CC.O=CNCc1noc(-c2cc(Cl)c(O)cc2O)c1-c1ccc(F)cc1. The van der Waals surface area contributed by atoms with E-state index in [2.05, 4.69) is 10.5 Å². The summed E-state index contributed by atoms with van der Waals surface area (Å²) in [6, 6.07) is 8.00. The fourth-order valence-electron chi connectivity index (χ4n) is 2.41. The fraction of sp³-hybridized carbons (Fsp3) is 0.158. The first-order valence-corrected chi connectivity index (χ1v) is 8.52. The number of carbonyl (C=O) groups excluding carboxylic acids is 1. The monoisotopic (exact) mass is 392 g/mol. The highest BCUT2D eigenvalue weighted by molar-refractivity contribution is 6.32. The Bertz CT molecular complexity index is 926. The number of hydrogen-bond acceptors (Lipinski definition) is 5. The van der Waals surface area contributed by atoms with Crippen LogP contribution in [0.2, 0.25) is 5.02 Å². The number of benzene rings is 2. The first kappa shape index (κ1) is 20.3. The normalized spacial score (nSPS) is 10.1. The van der Waals surface area contributed by atoms with Gasteiger partial charge in [0, 0.05) is 6.07 Å². The average molecular weight is 393 g/mol. The van der Waals surface area contributed by atoms with Gasteiger partial charge in [-0.05, 0) is 23.8 Å². The summed E-state index contributed by atoms with van der Waals surface area (Å²) in [5, 5.41) is 26.1. The second kappa shape index (κ2) is 9.05. The third-order valence-electron chi connectivity index (χ3n) is 3.56. The van der Waals surface area contributed by atoms with E-state index in [0.717, 1.165) is 6.07 Å². The van der Waals surface area contributed by atoms with Crippen molar-refractivity contribution in [2.75, 3.05) is 0 Å². The molecule has 0 saturated carbocycles. The Balaban J connectivity index is 0.00000126. The summed E-state index contributed by atoms with van der Waals surface area (Å²) in [5.74, 6) is -0.788. The number of halogens is 2. The quantitative estimate of drug-likeness (QED) is 0.556. The minimum absolute atomic E-state index is 0.0156. The number of nitrogens with zero attached hydrogens (tertiary/aromatic N) is 1. The molecule has 3 aromatic rings. The molecule has 0 saturated heterocycles. The second-order valence-electron chi connectivity index (χ2n) is 5.16. The highest BCUT2D eigenvalue weighted by Crippen LogP contribution is 2.42. The van der Waals surface area contributed by atoms with Crippen molar-refractivity contribution in [1.29, 1.82) is 0 Å². The van der Waals surface area contributed by atoms with E-state index in [1.165, 1.54) is 30.3 Å². The highest BCUT2D eigenvalue weighted by Gasteiger charge is 2.22. The molecule has 1 aromatic heterocycles. The molecule has 0 radical (unpaired) electrons. The summed E-state index contributed by atoms with van der Waals surface area (Å²) in [6.07, 6.45) is 0.512. The van der Waals surface area contributed by atoms with Crippen LogP contribution < -0.4 is 5.32 Å². The van der Waals surface area contributed by atoms with Crippen molar-refractivity contribution in [3.63, 3.8) is 0 Å². The largest absolute Gasteiger partial charge is 0.507 e. The van der Waals surface area contributed by atoms with Gasteiger partial charge in [0.2, 0.25) is 6.41 Å². The number of phenolic OH excluding ortho intramolecular Hbond substituents is 2. The van der Waals surface area contributed by atoms with E-state index < -0.39 is 5.82 Å². The minimum atomic E-state index is -0.412. The molecule has 0 unspecified atom stereocenters. The van der Waals surface area contributed by atoms with Crippen LogP contribution in [-0.2, 0) is 11.3 Å². The van der Waals surface area contributed by atoms with Gasteiger partial charge in [-0.1, -0.05) is 42.7 Å². The number of phenols is 2. The Morgan fingerprint density at radius 1 is 1.19 bits per heavy atom. The van der Waals surface area contributed by atoms with Gasteiger partial charge >= 0.3 is 0 Å². The predicted octanol–water partition coefficient (Wildman–Crippen LogP) is 4.48. The van der Waals surface area contributed by atoms with Crippen molar-refractivity contribution in [1.82, 2.24) is 10.5 Å². The number of amides is 1. The van der Waals surface area contributed by atoms with Gasteiger partial charge in [-0.15, -0.1) is 0 Å². The van der Waals surface area contributed by atoms with Crippen molar-refractivity contribution in [3.05, 3.63) is 52.9 Å². The molecule has 1 amide bonds. The van der Waals surface area contributed by atoms with Gasteiger partial charge in [0.1, 0.15) is 23.0 Å². The lowest BCUT2D eigenvalue weighted by molar-refractivity contribution is -0.109. The lowest BCUT2D eigenvalue weighted by Crippen LogP contribution is -2.10. The summed E-state index contributed by atoms with van der Waals surface area (Å²) in [7, 11) is 0. The maximum Gasteiger partial charge on any atom is 0.207 e. The van der Waals surface area contributed by atoms with E-state index in [1.807, 2.05) is 13.8 Å². The molecule has 0 aliphatic rings. The summed E-state index contributed by atoms with van der Waals surface area (Å²) >= 11 is 5.91. The van der Waals surface area contributed by atoms with Crippen LogP contribution >= 0.6 is 11.6 Å². The van der Waals surface area contributed by atoms with Crippen molar-refractivity contribution in [2.24, 2.45) is 0 Å². The Labute approximate surface area is 160 Å². The number of nitrogens with one attached hydrogen (secondary N) is 1. The van der Waals surface area contributed by atoms with Gasteiger partial charge in [0.05, 0.1) is 22.7 Å². The Hall–Kier alpha value is -3.06. The molecule has 0 fully saturated rings. The molecule has 3 rings (SSSR count). The number of hydrogen-bond donors (Lipinski definition) is 3. The van der Waals surface area contributed by atoms with E-state index in [9.17, 15) is 19.4 Å². The zero-order chi connectivity index (χ0) is 20.0. The predicted molar refractivity (Wildman–Crippen MR) is 99.9 cm³/mol. The zero-order valence-corrected chi connectivity index (χ0v) is 15.4. The van der Waals surface area contributed by atoms with E-state index in [4.69, 9.17) is 16.1 Å². The summed E-state index contributed by atoms with van der Waals surface area (Å²) < 4.78 is 18.6. The molecule has 0 spiro atoms. The smallest absolute Gasteiger partial charge is 0.207 e. The van der Waals surface area contributed by atoms with Crippen LogP contribution in [0.4, 0.5) is 4.39 Å². The highest BCUT2D eigenvalue weighted by atomic mass is 35.5. The maximum absolute atomic E-state index is 13.2. The first-order valence-electron chi connectivity index (χ1n) is 8.14. The van der Waals surface area contributed by atoms with E-state index in [0.29, 0.717) is 23.2 Å². The van der Waals surface area contributed by atoms with Crippen LogP contribution in [0.1, 0.15) is 19.5 Å².